The molecule has 0 atom stereocenters. The van der Waals surface area contributed by atoms with Crippen molar-refractivity contribution >= 4 is 17.3 Å². The second kappa shape index (κ2) is 10.0. The molecule has 6 nitrogen and oxygen atoms in total. The van der Waals surface area contributed by atoms with E-state index in [9.17, 15) is 4.79 Å². The van der Waals surface area contributed by atoms with Gasteiger partial charge in [0.05, 0.1) is 26.0 Å². The van der Waals surface area contributed by atoms with Crippen LogP contribution in [0, 0.1) is 0 Å². The third-order valence-electron chi connectivity index (χ3n) is 2.77. The first-order valence-corrected chi connectivity index (χ1v) is 7.06. The molecule has 0 radical (unpaired) electrons. The number of nitrogens with two attached hydrogens (primary N) is 1. The van der Waals surface area contributed by atoms with E-state index in [1.165, 1.54) is 7.11 Å². The predicted octanol–water partition coefficient (Wildman–Crippen LogP) is 2.05. The minimum absolute atomic E-state index is 0.0773. The van der Waals surface area contributed by atoms with E-state index in [1.54, 1.807) is 18.2 Å². The normalized spacial score (nSPS) is 10.4. The van der Waals surface area contributed by atoms with Crippen LogP contribution in [0.4, 0.5) is 11.4 Å². The summed E-state index contributed by atoms with van der Waals surface area (Å²) in [6.07, 6.45) is 1.05. The number of rotatable bonds is 10. The van der Waals surface area contributed by atoms with Crippen molar-refractivity contribution in [1.29, 1.82) is 0 Å². The van der Waals surface area contributed by atoms with E-state index in [1.807, 2.05) is 6.92 Å². The van der Waals surface area contributed by atoms with Crippen molar-refractivity contribution in [2.24, 2.45) is 0 Å². The van der Waals surface area contributed by atoms with Crippen molar-refractivity contribution in [1.82, 2.24) is 0 Å². The Kier molecular flexibility index (Phi) is 8.23. The molecule has 21 heavy (non-hydrogen) atoms. The molecule has 1 aromatic carbocycles. The minimum atomic E-state index is -0.0773. The zero-order valence-corrected chi connectivity index (χ0v) is 12.7. The van der Waals surface area contributed by atoms with Gasteiger partial charge in [-0.1, -0.05) is 0 Å². The number of nitrogens with one attached hydrogen (secondary N) is 1. The van der Waals surface area contributed by atoms with E-state index >= 15 is 0 Å². The molecule has 1 amide bonds. The van der Waals surface area contributed by atoms with E-state index in [4.69, 9.17) is 19.9 Å². The molecule has 0 spiro atoms. The summed E-state index contributed by atoms with van der Waals surface area (Å²) in [6, 6.07) is 5.12. The first-order chi connectivity index (χ1) is 10.2. The Bertz CT molecular complexity index is 438. The first-order valence-electron chi connectivity index (χ1n) is 7.06. The lowest BCUT2D eigenvalue weighted by Gasteiger charge is -2.11. The number of hydrogen-bond acceptors (Lipinski definition) is 5. The van der Waals surface area contributed by atoms with Crippen molar-refractivity contribution in [3.63, 3.8) is 0 Å². The van der Waals surface area contributed by atoms with Gasteiger partial charge in [-0.05, 0) is 25.5 Å². The molecule has 0 saturated carbocycles. The molecule has 0 aliphatic rings. The molecule has 0 bridgehead atoms. The fraction of sp³-hybridized carbons (Fsp3) is 0.533. The van der Waals surface area contributed by atoms with Crippen LogP contribution in [0.3, 0.4) is 0 Å². The summed E-state index contributed by atoms with van der Waals surface area (Å²) < 4.78 is 15.7. The van der Waals surface area contributed by atoms with E-state index in [2.05, 4.69) is 5.32 Å². The standard InChI is InChI=1S/C15H24N2O4/c1-3-20-9-10-21-8-4-5-15(18)17-13-7-6-12(16)11-14(13)19-2/h6-7,11H,3-5,8-10,16H2,1-2H3,(H,17,18). The first kappa shape index (κ1) is 17.3. The molecule has 1 rings (SSSR count). The number of carbonyl (C=O) groups excluding carboxylic acids is 1. The quantitative estimate of drug-likeness (QED) is 0.510. The Hall–Kier alpha value is -1.79. The number of amides is 1. The van der Waals surface area contributed by atoms with Crippen LogP contribution >= 0.6 is 0 Å². The van der Waals surface area contributed by atoms with E-state index < -0.39 is 0 Å². The van der Waals surface area contributed by atoms with Gasteiger partial charge in [0.2, 0.25) is 5.91 Å². The highest BCUT2D eigenvalue weighted by atomic mass is 16.5. The number of benzene rings is 1. The fourth-order valence-corrected chi connectivity index (χ4v) is 1.72. The van der Waals surface area contributed by atoms with Gasteiger partial charge in [-0.2, -0.15) is 0 Å². The zero-order chi connectivity index (χ0) is 15.5. The second-order valence-electron chi connectivity index (χ2n) is 4.42. The van der Waals surface area contributed by atoms with Crippen LogP contribution in [-0.2, 0) is 14.3 Å². The molecule has 0 heterocycles. The Morgan fingerprint density at radius 3 is 2.71 bits per heavy atom. The Morgan fingerprint density at radius 2 is 2.00 bits per heavy atom. The van der Waals surface area contributed by atoms with Gasteiger partial charge in [0, 0.05) is 31.4 Å². The van der Waals surface area contributed by atoms with Crippen LogP contribution in [-0.4, -0.2) is 39.4 Å². The number of carbonyl (C=O) groups is 1. The average Bonchev–Trinajstić information content (AvgIpc) is 2.48. The number of ether oxygens (including phenoxy) is 3. The van der Waals surface area contributed by atoms with E-state index in [0.29, 0.717) is 56.4 Å². The van der Waals surface area contributed by atoms with Crippen molar-refractivity contribution in [3.8, 4) is 5.75 Å². The topological polar surface area (TPSA) is 82.8 Å². The van der Waals surface area contributed by atoms with Crippen LogP contribution in [0.5, 0.6) is 5.75 Å². The summed E-state index contributed by atoms with van der Waals surface area (Å²) in [5.41, 5.74) is 6.87. The highest BCUT2D eigenvalue weighted by molar-refractivity contribution is 5.92. The highest BCUT2D eigenvalue weighted by Crippen LogP contribution is 2.26. The lowest BCUT2D eigenvalue weighted by molar-refractivity contribution is -0.116. The minimum Gasteiger partial charge on any atom is -0.494 e. The summed E-state index contributed by atoms with van der Waals surface area (Å²) in [6.45, 7) is 4.32. The van der Waals surface area contributed by atoms with Crippen LogP contribution < -0.4 is 15.8 Å². The largest absolute Gasteiger partial charge is 0.494 e. The SMILES string of the molecule is CCOCCOCCCC(=O)Nc1ccc(N)cc1OC. The van der Waals surface area contributed by atoms with Gasteiger partial charge in [-0.15, -0.1) is 0 Å². The predicted molar refractivity (Wildman–Crippen MR) is 82.6 cm³/mol. The van der Waals surface area contributed by atoms with Crippen molar-refractivity contribution in [2.45, 2.75) is 19.8 Å². The van der Waals surface area contributed by atoms with Crippen molar-refractivity contribution in [3.05, 3.63) is 18.2 Å². The molecule has 0 unspecified atom stereocenters. The molecule has 0 fully saturated rings. The maximum Gasteiger partial charge on any atom is 0.224 e. The Labute approximate surface area is 125 Å². The lowest BCUT2D eigenvalue weighted by atomic mass is 10.2. The van der Waals surface area contributed by atoms with Crippen molar-refractivity contribution in [2.75, 3.05) is 44.6 Å². The number of nitrogen functional groups attached to an aromatic ring is 1. The lowest BCUT2D eigenvalue weighted by Crippen LogP contribution is -2.13. The third-order valence-corrected chi connectivity index (χ3v) is 2.77. The van der Waals surface area contributed by atoms with Crippen LogP contribution in [0.25, 0.3) is 0 Å². The fourth-order valence-electron chi connectivity index (χ4n) is 1.72. The van der Waals surface area contributed by atoms with Crippen LogP contribution in [0.15, 0.2) is 18.2 Å². The molecule has 0 saturated heterocycles. The van der Waals surface area contributed by atoms with Gasteiger partial charge in [-0.3, -0.25) is 4.79 Å². The summed E-state index contributed by atoms with van der Waals surface area (Å²) in [5.74, 6) is 0.475. The highest BCUT2D eigenvalue weighted by Gasteiger charge is 2.07. The molecular weight excluding hydrogens is 272 g/mol. The number of methoxy groups -OCH3 is 1. The number of anilines is 2. The summed E-state index contributed by atoms with van der Waals surface area (Å²) in [4.78, 5) is 11.8. The molecule has 0 aliphatic heterocycles. The average molecular weight is 296 g/mol. The molecule has 118 valence electrons. The van der Waals surface area contributed by atoms with Gasteiger partial charge in [0.1, 0.15) is 5.75 Å². The molecule has 3 N–H and O–H groups in total. The Balaban J connectivity index is 2.25. The van der Waals surface area contributed by atoms with Crippen LogP contribution in [0.2, 0.25) is 0 Å². The molecular formula is C15H24N2O4. The van der Waals surface area contributed by atoms with Gasteiger partial charge in [0.15, 0.2) is 0 Å². The zero-order valence-electron chi connectivity index (χ0n) is 12.7. The third kappa shape index (κ3) is 6.97. The maximum atomic E-state index is 11.8. The van der Waals surface area contributed by atoms with Gasteiger partial charge >= 0.3 is 0 Å². The Morgan fingerprint density at radius 1 is 1.24 bits per heavy atom. The summed E-state index contributed by atoms with van der Waals surface area (Å²) in [7, 11) is 1.54. The molecule has 6 heteroatoms. The maximum absolute atomic E-state index is 11.8. The monoisotopic (exact) mass is 296 g/mol. The molecule has 0 aliphatic carbocycles. The van der Waals surface area contributed by atoms with Gasteiger partial charge in [-0.25, -0.2) is 0 Å². The van der Waals surface area contributed by atoms with Gasteiger partial charge < -0.3 is 25.3 Å². The summed E-state index contributed by atoms with van der Waals surface area (Å²) >= 11 is 0. The van der Waals surface area contributed by atoms with E-state index in [0.717, 1.165) is 0 Å². The number of hydrogen-bond donors (Lipinski definition) is 2. The van der Waals surface area contributed by atoms with Crippen molar-refractivity contribution < 1.29 is 19.0 Å². The smallest absolute Gasteiger partial charge is 0.224 e. The van der Waals surface area contributed by atoms with E-state index in [-0.39, 0.29) is 5.91 Å². The second-order valence-corrected chi connectivity index (χ2v) is 4.42. The van der Waals surface area contributed by atoms with Gasteiger partial charge in [0.25, 0.3) is 0 Å². The summed E-state index contributed by atoms with van der Waals surface area (Å²) in [5, 5.41) is 2.80. The molecule has 1 aromatic rings. The molecule has 0 aromatic heterocycles. The van der Waals surface area contributed by atoms with Crippen LogP contribution in [0.1, 0.15) is 19.8 Å².